The van der Waals surface area contributed by atoms with Crippen LogP contribution in [0.4, 0.5) is 0 Å². The molecule has 0 aromatic heterocycles. The van der Waals surface area contributed by atoms with Crippen LogP contribution >= 0.6 is 0 Å². The Morgan fingerprint density at radius 3 is 2.45 bits per heavy atom. The van der Waals surface area contributed by atoms with Gasteiger partial charge >= 0.3 is 0 Å². The van der Waals surface area contributed by atoms with Crippen LogP contribution in [0, 0.1) is 5.92 Å². The Labute approximate surface area is 202 Å². The van der Waals surface area contributed by atoms with Crippen molar-refractivity contribution in [2.45, 2.75) is 59.0 Å². The summed E-state index contributed by atoms with van der Waals surface area (Å²) in [6.07, 6.45) is 29.9. The van der Waals surface area contributed by atoms with E-state index >= 15 is 0 Å². The molecule has 0 bridgehead atoms. The number of allylic oxidation sites excluding steroid dienone is 11. The summed E-state index contributed by atoms with van der Waals surface area (Å²) < 4.78 is 0. The molecule has 0 spiro atoms. The van der Waals surface area contributed by atoms with Crippen molar-refractivity contribution < 1.29 is 0 Å². The molecule has 1 rings (SSSR count). The largest absolute Gasteiger partial charge is 0.399 e. The number of hydrogen-bond donors (Lipinski definition) is 4. The van der Waals surface area contributed by atoms with Gasteiger partial charge in [-0.3, -0.25) is 0 Å². The zero-order chi connectivity index (χ0) is 24.5. The molecule has 2 unspecified atom stereocenters. The second kappa shape index (κ2) is 16.6. The molecule has 0 amide bonds. The van der Waals surface area contributed by atoms with Crippen molar-refractivity contribution >= 4 is 0 Å². The molecular weight excluding hydrogens is 404 g/mol. The summed E-state index contributed by atoms with van der Waals surface area (Å²) in [6, 6.07) is 0.575. The lowest BCUT2D eigenvalue weighted by atomic mass is 9.94. The van der Waals surface area contributed by atoms with Gasteiger partial charge in [-0.1, -0.05) is 80.7 Å². The lowest BCUT2D eigenvalue weighted by molar-refractivity contribution is 0.518. The highest BCUT2D eigenvalue weighted by molar-refractivity contribution is 5.41. The van der Waals surface area contributed by atoms with E-state index in [0.717, 1.165) is 25.0 Å². The second-order valence-electron chi connectivity index (χ2n) is 8.29. The highest BCUT2D eigenvalue weighted by atomic mass is 14.9. The average molecular weight is 449 g/mol. The summed E-state index contributed by atoms with van der Waals surface area (Å²) >= 11 is 0. The molecule has 1 aliphatic carbocycles. The minimum atomic E-state index is 0.245. The summed E-state index contributed by atoms with van der Waals surface area (Å²) in [7, 11) is 0. The van der Waals surface area contributed by atoms with E-state index in [4.69, 9.17) is 11.5 Å². The van der Waals surface area contributed by atoms with Crippen LogP contribution < -0.4 is 22.1 Å². The van der Waals surface area contributed by atoms with Gasteiger partial charge in [-0.25, -0.2) is 0 Å². The second-order valence-corrected chi connectivity index (χ2v) is 8.29. The molecule has 0 saturated carbocycles. The van der Waals surface area contributed by atoms with Gasteiger partial charge in [0, 0.05) is 41.6 Å². The third-order valence-corrected chi connectivity index (χ3v) is 5.24. The van der Waals surface area contributed by atoms with Crippen molar-refractivity contribution in [3.63, 3.8) is 0 Å². The zero-order valence-corrected chi connectivity index (χ0v) is 20.9. The van der Waals surface area contributed by atoms with E-state index in [0.29, 0.717) is 18.3 Å². The molecule has 0 radical (unpaired) electrons. The number of nitrogens with two attached hydrogens (primary N) is 2. The Kier molecular flexibility index (Phi) is 14.1. The van der Waals surface area contributed by atoms with Crippen LogP contribution in [0.3, 0.4) is 0 Å². The molecule has 0 aromatic rings. The first kappa shape index (κ1) is 28.1. The van der Waals surface area contributed by atoms with Crippen molar-refractivity contribution in [3.8, 4) is 0 Å². The molecule has 2 atom stereocenters. The van der Waals surface area contributed by atoms with Gasteiger partial charge in [0.1, 0.15) is 0 Å². The third-order valence-electron chi connectivity index (χ3n) is 5.24. The van der Waals surface area contributed by atoms with E-state index in [9.17, 15) is 0 Å². The topological polar surface area (TPSA) is 76.1 Å². The maximum Gasteiger partial charge on any atom is 0.0340 e. The summed E-state index contributed by atoms with van der Waals surface area (Å²) in [5.74, 6) is 0.286. The van der Waals surface area contributed by atoms with Crippen LogP contribution in [0.15, 0.2) is 108 Å². The molecule has 33 heavy (non-hydrogen) atoms. The average Bonchev–Trinajstić information content (AvgIpc) is 3.32. The standard InChI is InChI=1S/C29H44N4/c1-6-9-17-29(32-22-12-16-27(31)13-7-2)28(25-14-10-11-15-25)21-19-24(5)33-23(4)18-20-26(30)8-3/h7-8,10-18,20-21,23-25,32-33H,2,6,9,19,22,30-31H2,1,3-5H3/b16-12-,20-18-,26-8+,27-13+,28-21+,29-17-. The van der Waals surface area contributed by atoms with Crippen LogP contribution in [0.2, 0.25) is 0 Å². The number of nitrogens with one attached hydrogen (secondary N) is 2. The molecule has 4 nitrogen and oxygen atoms in total. The molecule has 0 fully saturated rings. The molecule has 0 aliphatic heterocycles. The van der Waals surface area contributed by atoms with Crippen molar-refractivity contribution in [2.75, 3.05) is 6.54 Å². The van der Waals surface area contributed by atoms with Gasteiger partial charge in [-0.15, -0.1) is 0 Å². The van der Waals surface area contributed by atoms with E-state index < -0.39 is 0 Å². The summed E-state index contributed by atoms with van der Waals surface area (Å²) in [6.45, 7) is 12.9. The SMILES string of the molecule is C=C/C=C(N)\C=C/CNC(=C\CCC)/C(=C/CC(C)NC(C)/C=C\C(N)=C/C)C1C=CC=C1. The highest BCUT2D eigenvalue weighted by Crippen LogP contribution is 2.26. The maximum absolute atomic E-state index is 5.92. The van der Waals surface area contributed by atoms with Crippen molar-refractivity contribution in [2.24, 2.45) is 17.4 Å². The van der Waals surface area contributed by atoms with Crippen molar-refractivity contribution in [3.05, 3.63) is 108 Å². The highest BCUT2D eigenvalue weighted by Gasteiger charge is 2.15. The Morgan fingerprint density at radius 2 is 1.82 bits per heavy atom. The van der Waals surface area contributed by atoms with Crippen molar-refractivity contribution in [1.82, 2.24) is 10.6 Å². The number of rotatable bonds is 15. The van der Waals surface area contributed by atoms with E-state index in [1.54, 1.807) is 12.2 Å². The van der Waals surface area contributed by atoms with Gasteiger partial charge in [0.25, 0.3) is 0 Å². The fourth-order valence-electron chi connectivity index (χ4n) is 3.43. The maximum atomic E-state index is 5.92. The van der Waals surface area contributed by atoms with E-state index in [1.165, 1.54) is 11.3 Å². The molecule has 6 N–H and O–H groups in total. The Hall–Kier alpha value is -2.98. The lowest BCUT2D eigenvalue weighted by Crippen LogP contribution is -2.33. The summed E-state index contributed by atoms with van der Waals surface area (Å²) in [4.78, 5) is 0. The minimum absolute atomic E-state index is 0.245. The first-order valence-corrected chi connectivity index (χ1v) is 12.0. The van der Waals surface area contributed by atoms with Crippen LogP contribution in [-0.4, -0.2) is 18.6 Å². The fourth-order valence-corrected chi connectivity index (χ4v) is 3.43. The first-order chi connectivity index (χ1) is 15.9. The number of hydrogen-bond acceptors (Lipinski definition) is 4. The number of unbranched alkanes of at least 4 members (excludes halogenated alkanes) is 1. The molecule has 180 valence electrons. The predicted octanol–water partition coefficient (Wildman–Crippen LogP) is 5.69. The third kappa shape index (κ3) is 12.0. The van der Waals surface area contributed by atoms with Gasteiger partial charge in [-0.05, 0) is 57.4 Å². The normalized spacial score (nSPS) is 17.9. The smallest absolute Gasteiger partial charge is 0.0340 e. The molecule has 0 heterocycles. The van der Waals surface area contributed by atoms with Crippen LogP contribution in [-0.2, 0) is 0 Å². The molecule has 1 aliphatic rings. The molecule has 4 heteroatoms. The van der Waals surface area contributed by atoms with E-state index in [2.05, 4.69) is 80.5 Å². The van der Waals surface area contributed by atoms with Gasteiger partial charge < -0.3 is 22.1 Å². The Morgan fingerprint density at radius 1 is 1.09 bits per heavy atom. The van der Waals surface area contributed by atoms with E-state index in [1.807, 2.05) is 31.2 Å². The molecular formula is C29H44N4. The molecule has 0 saturated heterocycles. The minimum Gasteiger partial charge on any atom is -0.399 e. The van der Waals surface area contributed by atoms with Crippen LogP contribution in [0.25, 0.3) is 0 Å². The first-order valence-electron chi connectivity index (χ1n) is 12.0. The summed E-state index contributed by atoms with van der Waals surface area (Å²) in [5, 5.41) is 7.25. The van der Waals surface area contributed by atoms with Gasteiger partial charge in [0.05, 0.1) is 0 Å². The monoisotopic (exact) mass is 448 g/mol. The van der Waals surface area contributed by atoms with Crippen LogP contribution in [0.1, 0.15) is 47.0 Å². The van der Waals surface area contributed by atoms with Gasteiger partial charge in [0.2, 0.25) is 0 Å². The summed E-state index contributed by atoms with van der Waals surface area (Å²) in [5.41, 5.74) is 15.8. The Bertz CT molecular complexity index is 822. The molecule has 0 aromatic carbocycles. The lowest BCUT2D eigenvalue weighted by Gasteiger charge is -2.21. The van der Waals surface area contributed by atoms with Crippen molar-refractivity contribution in [1.29, 1.82) is 0 Å². The fraction of sp³-hybridized carbons (Fsp3) is 0.379. The van der Waals surface area contributed by atoms with Gasteiger partial charge in [-0.2, -0.15) is 0 Å². The zero-order valence-electron chi connectivity index (χ0n) is 20.9. The Balaban J connectivity index is 2.94. The van der Waals surface area contributed by atoms with Crippen LogP contribution in [0.5, 0.6) is 0 Å². The quantitative estimate of drug-likeness (QED) is 0.243. The van der Waals surface area contributed by atoms with E-state index in [-0.39, 0.29) is 12.0 Å². The van der Waals surface area contributed by atoms with Gasteiger partial charge in [0.15, 0.2) is 0 Å². The predicted molar refractivity (Wildman–Crippen MR) is 146 cm³/mol.